The van der Waals surface area contributed by atoms with Crippen LogP contribution in [0.3, 0.4) is 0 Å². The Kier molecular flexibility index (Phi) is 8.89. The molecule has 0 amide bonds. The first kappa shape index (κ1) is 30.3. The maximum Gasteiger partial charge on any atom is 0.433 e. The third-order valence-corrected chi connectivity index (χ3v) is 7.07. The van der Waals surface area contributed by atoms with Gasteiger partial charge in [-0.25, -0.2) is 9.78 Å². The highest BCUT2D eigenvalue weighted by molar-refractivity contribution is 5.81. The molecule has 5 rings (SSSR count). The molecule has 0 radical (unpaired) electrons. The van der Waals surface area contributed by atoms with Gasteiger partial charge in [0.15, 0.2) is 12.0 Å². The van der Waals surface area contributed by atoms with E-state index in [0.29, 0.717) is 13.0 Å². The summed E-state index contributed by atoms with van der Waals surface area (Å²) in [5.74, 6) is 0.222. The van der Waals surface area contributed by atoms with Crippen LogP contribution in [0, 0.1) is 6.92 Å². The summed E-state index contributed by atoms with van der Waals surface area (Å²) in [6.45, 7) is 2.65. The normalized spacial score (nSPS) is 16.4. The quantitative estimate of drug-likeness (QED) is 0.283. The molecular weight excluding hydrogens is 571 g/mol. The molecule has 0 bridgehead atoms. The Morgan fingerprint density at radius 3 is 2.63 bits per heavy atom. The van der Waals surface area contributed by atoms with Crippen molar-refractivity contribution in [1.82, 2.24) is 24.1 Å². The van der Waals surface area contributed by atoms with Gasteiger partial charge in [0.2, 0.25) is 0 Å². The first-order chi connectivity index (χ1) is 20.5. The molecular formula is C29H30F3N5O6. The minimum Gasteiger partial charge on any atom is -0.454 e. The van der Waals surface area contributed by atoms with Crippen molar-refractivity contribution >= 4 is 11.0 Å². The Morgan fingerprint density at radius 1 is 1.14 bits per heavy atom. The van der Waals surface area contributed by atoms with Gasteiger partial charge in [-0.1, -0.05) is 6.07 Å². The van der Waals surface area contributed by atoms with Gasteiger partial charge in [0.05, 0.1) is 24.4 Å². The number of rotatable bonds is 9. The summed E-state index contributed by atoms with van der Waals surface area (Å²) < 4.78 is 58.9. The van der Waals surface area contributed by atoms with Crippen molar-refractivity contribution in [1.29, 1.82) is 0 Å². The number of aryl methyl sites for hydroxylation is 2. The summed E-state index contributed by atoms with van der Waals surface area (Å²) >= 11 is 0. The molecule has 0 aromatic carbocycles. The zero-order valence-electron chi connectivity index (χ0n) is 23.5. The van der Waals surface area contributed by atoms with Crippen molar-refractivity contribution in [3.63, 3.8) is 0 Å². The van der Waals surface area contributed by atoms with Crippen molar-refractivity contribution in [3.05, 3.63) is 86.2 Å². The molecule has 1 fully saturated rings. The van der Waals surface area contributed by atoms with E-state index in [-0.39, 0.29) is 53.1 Å². The van der Waals surface area contributed by atoms with Gasteiger partial charge in [-0.15, -0.1) is 0 Å². The maximum absolute atomic E-state index is 13.9. The number of hydrogen-bond acceptors (Lipinski definition) is 9. The molecule has 1 aliphatic heterocycles. The van der Waals surface area contributed by atoms with Crippen LogP contribution in [-0.2, 0) is 29.2 Å². The van der Waals surface area contributed by atoms with Crippen LogP contribution in [0.2, 0.25) is 0 Å². The van der Waals surface area contributed by atoms with Crippen LogP contribution in [-0.4, -0.2) is 48.7 Å². The Hall–Kier alpha value is -4.14. The molecule has 228 valence electrons. The smallest absolute Gasteiger partial charge is 0.433 e. The van der Waals surface area contributed by atoms with Gasteiger partial charge in [-0.3, -0.25) is 23.9 Å². The number of aliphatic hydroxyl groups is 1. The van der Waals surface area contributed by atoms with Crippen LogP contribution in [0.4, 0.5) is 13.2 Å². The molecule has 14 heteroatoms. The summed E-state index contributed by atoms with van der Waals surface area (Å²) in [5, 5.41) is 11.4. The van der Waals surface area contributed by atoms with Crippen molar-refractivity contribution < 1.29 is 32.5 Å². The highest BCUT2D eigenvalue weighted by Crippen LogP contribution is 2.37. The average Bonchev–Trinajstić information content (AvgIpc) is 2.99. The molecule has 2 unspecified atom stereocenters. The molecule has 11 nitrogen and oxygen atoms in total. The second-order valence-electron chi connectivity index (χ2n) is 10.2. The van der Waals surface area contributed by atoms with E-state index in [1.807, 2.05) is 0 Å². The van der Waals surface area contributed by atoms with Gasteiger partial charge in [-0.2, -0.15) is 13.2 Å². The lowest BCUT2D eigenvalue weighted by atomic mass is 9.99. The lowest BCUT2D eigenvalue weighted by molar-refractivity contribution is -0.163. The van der Waals surface area contributed by atoms with Gasteiger partial charge >= 0.3 is 11.9 Å². The molecule has 5 heterocycles. The number of fused-ring (bicyclic) bond motifs is 1. The molecule has 1 saturated heterocycles. The van der Waals surface area contributed by atoms with Crippen LogP contribution in [0.5, 0.6) is 11.5 Å². The minimum absolute atomic E-state index is 0.00157. The predicted octanol–water partition coefficient (Wildman–Crippen LogP) is 4.02. The monoisotopic (exact) mass is 601 g/mol. The van der Waals surface area contributed by atoms with Crippen LogP contribution in [0.1, 0.15) is 54.2 Å². The number of aromatic nitrogens is 5. The number of alkyl halides is 3. The van der Waals surface area contributed by atoms with E-state index in [4.69, 9.17) is 14.2 Å². The molecule has 4 aromatic heterocycles. The number of halogens is 3. The second-order valence-corrected chi connectivity index (χ2v) is 10.2. The third-order valence-electron chi connectivity index (χ3n) is 7.07. The lowest BCUT2D eigenvalue weighted by Crippen LogP contribution is -2.40. The van der Waals surface area contributed by atoms with Crippen molar-refractivity contribution in [2.45, 2.75) is 57.7 Å². The largest absolute Gasteiger partial charge is 0.454 e. The third kappa shape index (κ3) is 6.60. The number of pyridine rings is 3. The van der Waals surface area contributed by atoms with E-state index in [2.05, 4.69) is 15.0 Å². The van der Waals surface area contributed by atoms with E-state index in [1.165, 1.54) is 24.0 Å². The molecule has 1 N–H and O–H groups in total. The molecule has 2 atom stereocenters. The number of hydrogen-bond donors (Lipinski definition) is 1. The van der Waals surface area contributed by atoms with E-state index in [1.54, 1.807) is 19.2 Å². The van der Waals surface area contributed by atoms with Crippen LogP contribution in [0.15, 0.2) is 52.6 Å². The summed E-state index contributed by atoms with van der Waals surface area (Å²) in [6.07, 6.45) is 1.51. The van der Waals surface area contributed by atoms with Crippen molar-refractivity contribution in [2.24, 2.45) is 7.05 Å². The van der Waals surface area contributed by atoms with Crippen molar-refractivity contribution in [2.75, 3.05) is 13.2 Å². The van der Waals surface area contributed by atoms with E-state index in [0.717, 1.165) is 47.7 Å². The molecule has 1 aliphatic rings. The van der Waals surface area contributed by atoms with Crippen molar-refractivity contribution in [3.8, 4) is 11.5 Å². The summed E-state index contributed by atoms with van der Waals surface area (Å²) in [5.41, 5.74) is -1.92. The van der Waals surface area contributed by atoms with E-state index >= 15 is 0 Å². The molecule has 4 aromatic rings. The van der Waals surface area contributed by atoms with Gasteiger partial charge < -0.3 is 19.3 Å². The lowest BCUT2D eigenvalue weighted by Gasteiger charge is -2.22. The topological polar surface area (TPSA) is 131 Å². The fourth-order valence-electron chi connectivity index (χ4n) is 4.90. The van der Waals surface area contributed by atoms with Crippen LogP contribution in [0.25, 0.3) is 11.0 Å². The Labute approximate surface area is 243 Å². The summed E-state index contributed by atoms with van der Waals surface area (Å²) in [6, 6.07) is 3.47. The highest BCUT2D eigenvalue weighted by atomic mass is 19.4. The maximum atomic E-state index is 13.9. The molecule has 0 spiro atoms. The first-order valence-corrected chi connectivity index (χ1v) is 13.7. The predicted molar refractivity (Wildman–Crippen MR) is 148 cm³/mol. The zero-order chi connectivity index (χ0) is 30.7. The molecule has 43 heavy (non-hydrogen) atoms. The van der Waals surface area contributed by atoms with Gasteiger partial charge in [-0.05, 0) is 50.3 Å². The fraction of sp³-hybridized carbons (Fsp3) is 0.414. The molecule has 0 saturated carbocycles. The molecule has 0 aliphatic carbocycles. The number of aliphatic hydroxyl groups excluding tert-OH is 1. The Balaban J connectivity index is 1.58. The number of nitrogens with zero attached hydrogens (tertiary/aromatic N) is 5. The summed E-state index contributed by atoms with van der Waals surface area (Å²) in [4.78, 5) is 38.9. The Morgan fingerprint density at radius 2 is 1.95 bits per heavy atom. The Bertz CT molecular complexity index is 1720. The summed E-state index contributed by atoms with van der Waals surface area (Å²) in [7, 11) is 1.43. The highest BCUT2D eigenvalue weighted by Gasteiger charge is 2.33. The van der Waals surface area contributed by atoms with E-state index in [9.17, 15) is 27.9 Å². The van der Waals surface area contributed by atoms with E-state index < -0.39 is 29.2 Å². The minimum atomic E-state index is -4.68. The van der Waals surface area contributed by atoms with Gasteiger partial charge in [0, 0.05) is 43.7 Å². The average molecular weight is 602 g/mol. The number of ether oxygens (including phenoxy) is 3. The van der Waals surface area contributed by atoms with Crippen LogP contribution >= 0.6 is 0 Å². The second kappa shape index (κ2) is 12.6. The van der Waals surface area contributed by atoms with Gasteiger partial charge in [0.1, 0.15) is 23.2 Å². The first-order valence-electron chi connectivity index (χ1n) is 13.7. The van der Waals surface area contributed by atoms with Gasteiger partial charge in [0.25, 0.3) is 5.56 Å². The van der Waals surface area contributed by atoms with Crippen LogP contribution < -0.4 is 16.0 Å². The SMILES string of the molecule is Cc1cncc(Oc2cnc3c(c2C(O)c2ccc(C(F)(F)F)nc2)c(=O)n(CCCOC2CCCCO2)c(=O)n3C)c1. The zero-order valence-corrected chi connectivity index (χ0v) is 23.5. The fourth-order valence-corrected chi connectivity index (χ4v) is 4.90. The standard InChI is InChI=1S/C29H30F3N5O6/c1-17-12-19(15-33-13-17)43-20-16-35-26-24(23(20)25(38)18-7-8-21(34-14-18)29(30,31)32)27(39)37(28(40)36(26)2)9-5-11-42-22-6-3-4-10-41-22/h7-8,12-16,22,25,38H,3-6,9-11H2,1-2H3.